The second-order valence-electron chi connectivity index (χ2n) is 7.02. The molecule has 7 heteroatoms. The van der Waals surface area contributed by atoms with Crippen LogP contribution in [0.5, 0.6) is 5.75 Å². The summed E-state index contributed by atoms with van der Waals surface area (Å²) in [5.41, 5.74) is 2.10. The van der Waals surface area contributed by atoms with Crippen molar-refractivity contribution in [1.29, 1.82) is 0 Å². The van der Waals surface area contributed by atoms with E-state index in [0.717, 1.165) is 11.1 Å². The molecule has 3 aromatic rings. The smallest absolute Gasteiger partial charge is 0.243 e. The molecule has 0 heterocycles. The predicted molar refractivity (Wildman–Crippen MR) is 121 cm³/mol. The van der Waals surface area contributed by atoms with Crippen LogP contribution in [0.2, 0.25) is 0 Å². The van der Waals surface area contributed by atoms with Gasteiger partial charge in [-0.15, -0.1) is 0 Å². The summed E-state index contributed by atoms with van der Waals surface area (Å²) in [6.45, 7) is 4.03. The fourth-order valence-corrected chi connectivity index (χ4v) is 4.63. The van der Waals surface area contributed by atoms with Crippen LogP contribution >= 0.6 is 0 Å². The Bertz CT molecular complexity index is 1080. The van der Waals surface area contributed by atoms with Gasteiger partial charge in [0, 0.05) is 20.0 Å². The van der Waals surface area contributed by atoms with Gasteiger partial charge in [-0.3, -0.25) is 4.79 Å². The molecule has 0 fully saturated rings. The van der Waals surface area contributed by atoms with E-state index in [1.807, 2.05) is 67.6 Å². The van der Waals surface area contributed by atoms with E-state index in [1.54, 1.807) is 6.07 Å². The standard InChI is InChI=1S/C24H26N2O4S/c1-3-30-24-15-14-22(16-23(24)25-19(2)27)31(28,29)26(17-20-10-6-4-7-11-20)18-21-12-8-5-9-13-21/h4-16H,3,17-18H2,1-2H3,(H,25,27). The first kappa shape index (κ1) is 22.5. The Morgan fingerprint density at radius 3 is 1.94 bits per heavy atom. The Morgan fingerprint density at radius 2 is 1.45 bits per heavy atom. The summed E-state index contributed by atoms with van der Waals surface area (Å²) in [5, 5.41) is 2.66. The van der Waals surface area contributed by atoms with Crippen molar-refractivity contribution in [1.82, 2.24) is 4.31 Å². The van der Waals surface area contributed by atoms with Crippen LogP contribution in [-0.2, 0) is 27.9 Å². The number of hydrogen-bond donors (Lipinski definition) is 1. The van der Waals surface area contributed by atoms with E-state index in [0.29, 0.717) is 18.0 Å². The maximum atomic E-state index is 13.6. The number of nitrogens with one attached hydrogen (secondary N) is 1. The second kappa shape index (κ2) is 10.2. The highest BCUT2D eigenvalue weighted by Gasteiger charge is 2.26. The van der Waals surface area contributed by atoms with Crippen molar-refractivity contribution in [3.63, 3.8) is 0 Å². The third kappa shape index (κ3) is 5.93. The van der Waals surface area contributed by atoms with Crippen molar-refractivity contribution in [2.75, 3.05) is 11.9 Å². The molecule has 6 nitrogen and oxygen atoms in total. The van der Waals surface area contributed by atoms with Gasteiger partial charge in [0.1, 0.15) is 5.75 Å². The van der Waals surface area contributed by atoms with Gasteiger partial charge in [0.25, 0.3) is 0 Å². The number of amides is 1. The Morgan fingerprint density at radius 1 is 0.903 bits per heavy atom. The molecule has 0 aromatic heterocycles. The van der Waals surface area contributed by atoms with Gasteiger partial charge in [-0.25, -0.2) is 8.42 Å². The highest BCUT2D eigenvalue weighted by atomic mass is 32.2. The van der Waals surface area contributed by atoms with E-state index >= 15 is 0 Å². The molecule has 3 rings (SSSR count). The lowest BCUT2D eigenvalue weighted by Gasteiger charge is -2.23. The third-order valence-corrected chi connectivity index (χ3v) is 6.39. The van der Waals surface area contributed by atoms with E-state index in [-0.39, 0.29) is 23.9 Å². The SMILES string of the molecule is CCOc1ccc(S(=O)(=O)N(Cc2ccccc2)Cc2ccccc2)cc1NC(C)=O. The maximum absolute atomic E-state index is 13.6. The van der Waals surface area contributed by atoms with Crippen molar-refractivity contribution in [3.05, 3.63) is 90.0 Å². The monoisotopic (exact) mass is 438 g/mol. The summed E-state index contributed by atoms with van der Waals surface area (Å²) >= 11 is 0. The maximum Gasteiger partial charge on any atom is 0.243 e. The Labute approximate surface area is 183 Å². The molecule has 0 aliphatic carbocycles. The van der Waals surface area contributed by atoms with Crippen LogP contribution in [0.15, 0.2) is 83.8 Å². The minimum Gasteiger partial charge on any atom is -0.492 e. The van der Waals surface area contributed by atoms with E-state index in [1.165, 1.54) is 23.4 Å². The fraction of sp³-hybridized carbons (Fsp3) is 0.208. The van der Waals surface area contributed by atoms with Crippen LogP contribution in [0.1, 0.15) is 25.0 Å². The molecule has 1 amide bonds. The average Bonchev–Trinajstić information content (AvgIpc) is 2.75. The molecular weight excluding hydrogens is 412 g/mol. The minimum absolute atomic E-state index is 0.0894. The molecule has 3 aromatic carbocycles. The summed E-state index contributed by atoms with van der Waals surface area (Å²) in [5.74, 6) is 0.121. The molecule has 0 unspecified atom stereocenters. The first-order chi connectivity index (χ1) is 14.9. The van der Waals surface area contributed by atoms with Crippen molar-refractivity contribution in [2.45, 2.75) is 31.8 Å². The van der Waals surface area contributed by atoms with Gasteiger partial charge in [-0.05, 0) is 36.2 Å². The van der Waals surface area contributed by atoms with Crippen molar-refractivity contribution in [3.8, 4) is 5.75 Å². The lowest BCUT2D eigenvalue weighted by atomic mass is 10.2. The molecule has 0 spiro atoms. The van der Waals surface area contributed by atoms with Gasteiger partial charge in [0.05, 0.1) is 17.2 Å². The van der Waals surface area contributed by atoms with Crippen LogP contribution in [-0.4, -0.2) is 25.2 Å². The zero-order chi connectivity index (χ0) is 22.3. The Hall–Kier alpha value is -3.16. The highest BCUT2D eigenvalue weighted by molar-refractivity contribution is 7.89. The Balaban J connectivity index is 2.01. The normalized spacial score (nSPS) is 11.3. The van der Waals surface area contributed by atoms with Crippen LogP contribution in [0, 0.1) is 0 Å². The van der Waals surface area contributed by atoms with Crippen LogP contribution in [0.3, 0.4) is 0 Å². The number of carbonyl (C=O) groups excluding carboxylic acids is 1. The zero-order valence-electron chi connectivity index (χ0n) is 17.6. The molecule has 0 radical (unpaired) electrons. The van der Waals surface area contributed by atoms with Gasteiger partial charge in [0.2, 0.25) is 15.9 Å². The van der Waals surface area contributed by atoms with Crippen molar-refractivity contribution >= 4 is 21.6 Å². The summed E-state index contributed by atoms with van der Waals surface area (Å²) in [6.07, 6.45) is 0. The van der Waals surface area contributed by atoms with Gasteiger partial charge in [0.15, 0.2) is 0 Å². The molecule has 0 bridgehead atoms. The average molecular weight is 439 g/mol. The first-order valence-electron chi connectivity index (χ1n) is 10.0. The van der Waals surface area contributed by atoms with Crippen LogP contribution in [0.25, 0.3) is 0 Å². The number of benzene rings is 3. The van der Waals surface area contributed by atoms with Crippen LogP contribution in [0.4, 0.5) is 5.69 Å². The quantitative estimate of drug-likeness (QED) is 0.536. The summed E-state index contributed by atoms with van der Waals surface area (Å²) in [7, 11) is -3.86. The highest BCUT2D eigenvalue weighted by Crippen LogP contribution is 2.30. The van der Waals surface area contributed by atoms with Gasteiger partial charge >= 0.3 is 0 Å². The molecular formula is C24H26N2O4S. The molecule has 1 N–H and O–H groups in total. The lowest BCUT2D eigenvalue weighted by molar-refractivity contribution is -0.114. The molecule has 0 aliphatic rings. The molecule has 0 saturated heterocycles. The number of anilines is 1. The fourth-order valence-electron chi connectivity index (χ4n) is 3.19. The lowest BCUT2D eigenvalue weighted by Crippen LogP contribution is -2.30. The Kier molecular flexibility index (Phi) is 7.44. The van der Waals surface area contributed by atoms with E-state index in [9.17, 15) is 13.2 Å². The molecule has 0 atom stereocenters. The van der Waals surface area contributed by atoms with E-state index < -0.39 is 10.0 Å². The minimum atomic E-state index is -3.86. The summed E-state index contributed by atoms with van der Waals surface area (Å²) in [4.78, 5) is 11.7. The number of nitrogens with zero attached hydrogens (tertiary/aromatic N) is 1. The second-order valence-corrected chi connectivity index (χ2v) is 8.95. The first-order valence-corrected chi connectivity index (χ1v) is 11.5. The zero-order valence-corrected chi connectivity index (χ0v) is 18.4. The number of carbonyl (C=O) groups is 1. The predicted octanol–water partition coefficient (Wildman–Crippen LogP) is 4.43. The molecule has 0 saturated carbocycles. The molecule has 31 heavy (non-hydrogen) atoms. The topological polar surface area (TPSA) is 75.7 Å². The number of hydrogen-bond acceptors (Lipinski definition) is 4. The van der Waals surface area contributed by atoms with Crippen molar-refractivity contribution < 1.29 is 17.9 Å². The number of sulfonamides is 1. The van der Waals surface area contributed by atoms with E-state index in [4.69, 9.17) is 4.74 Å². The third-order valence-electron chi connectivity index (χ3n) is 4.60. The van der Waals surface area contributed by atoms with Crippen LogP contribution < -0.4 is 10.1 Å². The van der Waals surface area contributed by atoms with Gasteiger partial charge < -0.3 is 10.1 Å². The van der Waals surface area contributed by atoms with Gasteiger partial charge in [-0.1, -0.05) is 60.7 Å². The molecule has 162 valence electrons. The summed E-state index contributed by atoms with van der Waals surface area (Å²) < 4.78 is 34.2. The van der Waals surface area contributed by atoms with Gasteiger partial charge in [-0.2, -0.15) is 4.31 Å². The van der Waals surface area contributed by atoms with E-state index in [2.05, 4.69) is 5.32 Å². The number of ether oxygens (including phenoxy) is 1. The number of rotatable bonds is 9. The summed E-state index contributed by atoms with van der Waals surface area (Å²) in [6, 6.07) is 23.4. The largest absolute Gasteiger partial charge is 0.492 e. The van der Waals surface area contributed by atoms with Crippen molar-refractivity contribution in [2.24, 2.45) is 0 Å². The molecule has 0 aliphatic heterocycles.